The van der Waals surface area contributed by atoms with E-state index >= 15 is 0 Å². The van der Waals surface area contributed by atoms with Crippen LogP contribution in [0.3, 0.4) is 0 Å². The summed E-state index contributed by atoms with van der Waals surface area (Å²) in [6.07, 6.45) is 0.532. The van der Waals surface area contributed by atoms with Crippen LogP contribution < -0.4 is 0 Å². The van der Waals surface area contributed by atoms with Gasteiger partial charge in [0.05, 0.1) is 0 Å². The van der Waals surface area contributed by atoms with Crippen molar-refractivity contribution < 1.29 is 0 Å². The van der Waals surface area contributed by atoms with Crippen LogP contribution in [0.1, 0.15) is 35.0 Å². The molecular weight excluding hydrogens is 913 g/mol. The van der Waals surface area contributed by atoms with E-state index < -0.39 is 5.41 Å². The number of fused-ring (bicyclic) bond motifs is 3. The summed E-state index contributed by atoms with van der Waals surface area (Å²) < 4.78 is 0. The molecular formula is C69H48N6. The summed E-state index contributed by atoms with van der Waals surface area (Å²) in [6.45, 7) is 2.38. The van der Waals surface area contributed by atoms with Gasteiger partial charge in [-0.1, -0.05) is 261 Å². The second-order valence-corrected chi connectivity index (χ2v) is 19.2. The van der Waals surface area contributed by atoms with E-state index in [-0.39, 0.29) is 0 Å². The zero-order valence-corrected chi connectivity index (χ0v) is 41.2. The summed E-state index contributed by atoms with van der Waals surface area (Å²) in [6, 6.07) is 91.4. The van der Waals surface area contributed by atoms with E-state index in [4.69, 9.17) is 29.9 Å². The standard InChI is InChI=1S/C69H48N6/c1-69(60-28-16-14-26-57(60)51-35-41-56(42-36-51)68-74-66(53-24-12-5-13-25-53)73-67(75-68)55-39-33-50(34-40-55)48-20-8-3-9-21-48)61-29-17-15-27-58(61)59-43-30-46(44-62(59)69)45-63-70-64(52-22-10-4-11-23-52)72-65(71-63)54-37-31-49(32-38-54)47-18-6-2-7-19-47/h2-44H,45H2,1H3. The molecule has 0 saturated heterocycles. The van der Waals surface area contributed by atoms with Crippen LogP contribution in [0.15, 0.2) is 261 Å². The predicted molar refractivity (Wildman–Crippen MR) is 303 cm³/mol. The van der Waals surface area contributed by atoms with E-state index in [1.54, 1.807) is 0 Å². The topological polar surface area (TPSA) is 77.3 Å². The highest BCUT2D eigenvalue weighted by Crippen LogP contribution is 2.54. The van der Waals surface area contributed by atoms with Gasteiger partial charge in [-0.25, -0.2) is 29.9 Å². The van der Waals surface area contributed by atoms with E-state index in [1.807, 2.05) is 60.7 Å². The maximum Gasteiger partial charge on any atom is 0.164 e. The highest BCUT2D eigenvalue weighted by molar-refractivity contribution is 5.86. The molecule has 2 heterocycles. The monoisotopic (exact) mass is 960 g/mol. The van der Waals surface area contributed by atoms with E-state index in [0.717, 1.165) is 61.2 Å². The zero-order valence-electron chi connectivity index (χ0n) is 41.2. The molecule has 0 saturated carbocycles. The smallest absolute Gasteiger partial charge is 0.164 e. The second-order valence-electron chi connectivity index (χ2n) is 19.2. The number of hydrogen-bond donors (Lipinski definition) is 0. The fraction of sp³-hybridized carbons (Fsp3) is 0.0435. The Kier molecular flexibility index (Phi) is 11.6. The maximum atomic E-state index is 5.16. The minimum atomic E-state index is -0.485. The van der Waals surface area contributed by atoms with Gasteiger partial charge in [-0.3, -0.25) is 0 Å². The molecule has 2 aromatic heterocycles. The Balaban J connectivity index is 0.854. The fourth-order valence-electron chi connectivity index (χ4n) is 10.7. The normalized spacial score (nSPS) is 13.5. The van der Waals surface area contributed by atoms with E-state index in [9.17, 15) is 0 Å². The first-order chi connectivity index (χ1) is 37.0. The van der Waals surface area contributed by atoms with Crippen molar-refractivity contribution in [3.05, 3.63) is 289 Å². The third-order valence-electron chi connectivity index (χ3n) is 14.5. The van der Waals surface area contributed by atoms with E-state index in [2.05, 4.69) is 207 Å². The van der Waals surface area contributed by atoms with Crippen molar-refractivity contribution in [2.75, 3.05) is 0 Å². The molecule has 10 aromatic carbocycles. The molecule has 0 radical (unpaired) electrons. The SMILES string of the molecule is CC1(c2ccccc2-c2ccc(-c3nc(-c4ccccc4)nc(-c4ccc(-c5ccccc5)cc4)n3)cc2)c2ccccc2-c2ccc(Cc3nc(-c4ccccc4)nc(-c4ccc(-c5ccccc5)cc4)n3)cc21. The largest absolute Gasteiger partial charge is 0.213 e. The number of nitrogens with zero attached hydrogens (tertiary/aromatic N) is 6. The summed E-state index contributed by atoms with van der Waals surface area (Å²) in [5, 5.41) is 0. The van der Waals surface area contributed by atoms with Gasteiger partial charge in [0.15, 0.2) is 29.1 Å². The van der Waals surface area contributed by atoms with Crippen molar-refractivity contribution in [1.82, 2.24) is 29.9 Å². The lowest BCUT2D eigenvalue weighted by Crippen LogP contribution is -2.23. The molecule has 1 aliphatic carbocycles. The van der Waals surface area contributed by atoms with E-state index in [1.165, 1.54) is 33.4 Å². The average molecular weight is 961 g/mol. The van der Waals surface area contributed by atoms with Crippen molar-refractivity contribution in [3.8, 4) is 101 Å². The van der Waals surface area contributed by atoms with Gasteiger partial charge in [0, 0.05) is 39.7 Å². The van der Waals surface area contributed by atoms with Gasteiger partial charge in [0.25, 0.3) is 0 Å². The first-order valence-corrected chi connectivity index (χ1v) is 25.4. The quantitative estimate of drug-likeness (QED) is 0.129. The molecule has 1 unspecified atom stereocenters. The molecule has 0 amide bonds. The number of rotatable bonds is 11. The molecule has 6 heteroatoms. The summed E-state index contributed by atoms with van der Waals surface area (Å²) >= 11 is 0. The van der Waals surface area contributed by atoms with Gasteiger partial charge in [-0.2, -0.15) is 0 Å². The van der Waals surface area contributed by atoms with Crippen LogP contribution in [0.5, 0.6) is 0 Å². The lowest BCUT2D eigenvalue weighted by Gasteiger charge is -2.31. The second kappa shape index (κ2) is 19.3. The van der Waals surface area contributed by atoms with Gasteiger partial charge in [-0.05, 0) is 73.7 Å². The molecule has 354 valence electrons. The first kappa shape index (κ1) is 45.1. The van der Waals surface area contributed by atoms with Crippen LogP contribution in [0.2, 0.25) is 0 Å². The fourth-order valence-corrected chi connectivity index (χ4v) is 10.7. The molecule has 0 bridgehead atoms. The minimum absolute atomic E-state index is 0.485. The summed E-state index contributed by atoms with van der Waals surface area (Å²) in [7, 11) is 0. The highest BCUT2D eigenvalue weighted by Gasteiger charge is 2.42. The molecule has 12 aromatic rings. The van der Waals surface area contributed by atoms with Crippen molar-refractivity contribution in [2.45, 2.75) is 18.8 Å². The Morgan fingerprint density at radius 3 is 1.01 bits per heavy atom. The summed E-state index contributed by atoms with van der Waals surface area (Å²) in [5.41, 5.74) is 18.4. The van der Waals surface area contributed by atoms with Gasteiger partial charge in [0.1, 0.15) is 5.82 Å². The van der Waals surface area contributed by atoms with Crippen molar-refractivity contribution in [1.29, 1.82) is 0 Å². The molecule has 0 aliphatic heterocycles. The predicted octanol–water partition coefficient (Wildman–Crippen LogP) is 16.3. The summed E-state index contributed by atoms with van der Waals surface area (Å²) in [4.78, 5) is 30.5. The van der Waals surface area contributed by atoms with Crippen LogP contribution in [0.4, 0.5) is 0 Å². The zero-order chi connectivity index (χ0) is 50.1. The van der Waals surface area contributed by atoms with Crippen molar-refractivity contribution in [3.63, 3.8) is 0 Å². The Bertz CT molecular complexity index is 4000. The van der Waals surface area contributed by atoms with Crippen LogP contribution in [-0.2, 0) is 11.8 Å². The Morgan fingerprint density at radius 2 is 0.560 bits per heavy atom. The minimum Gasteiger partial charge on any atom is -0.213 e. The van der Waals surface area contributed by atoms with Crippen LogP contribution in [0, 0.1) is 0 Å². The van der Waals surface area contributed by atoms with Crippen LogP contribution >= 0.6 is 0 Å². The van der Waals surface area contributed by atoms with E-state index in [0.29, 0.717) is 41.4 Å². The molecule has 6 nitrogen and oxygen atoms in total. The lowest BCUT2D eigenvalue weighted by atomic mass is 9.71. The molecule has 1 aliphatic rings. The Labute approximate surface area is 436 Å². The molecule has 75 heavy (non-hydrogen) atoms. The Morgan fingerprint density at radius 1 is 0.253 bits per heavy atom. The Hall–Kier alpha value is -9.78. The third kappa shape index (κ3) is 8.68. The van der Waals surface area contributed by atoms with Crippen molar-refractivity contribution in [2.24, 2.45) is 0 Å². The molecule has 1 atom stereocenters. The molecule has 0 fully saturated rings. The first-order valence-electron chi connectivity index (χ1n) is 25.4. The number of aromatic nitrogens is 6. The highest BCUT2D eigenvalue weighted by atomic mass is 15.0. The van der Waals surface area contributed by atoms with Gasteiger partial charge in [-0.15, -0.1) is 0 Å². The third-order valence-corrected chi connectivity index (χ3v) is 14.5. The number of benzene rings is 10. The van der Waals surface area contributed by atoms with Gasteiger partial charge < -0.3 is 0 Å². The molecule has 13 rings (SSSR count). The molecule has 0 N–H and O–H groups in total. The molecule has 0 spiro atoms. The van der Waals surface area contributed by atoms with Crippen LogP contribution in [-0.4, -0.2) is 29.9 Å². The number of hydrogen-bond acceptors (Lipinski definition) is 6. The van der Waals surface area contributed by atoms with Gasteiger partial charge in [0.2, 0.25) is 0 Å². The van der Waals surface area contributed by atoms with Crippen molar-refractivity contribution >= 4 is 0 Å². The summed E-state index contributed by atoms with van der Waals surface area (Å²) in [5.74, 6) is 3.89. The van der Waals surface area contributed by atoms with Crippen LogP contribution in [0.25, 0.3) is 101 Å². The lowest BCUT2D eigenvalue weighted by molar-refractivity contribution is 0.714. The maximum absolute atomic E-state index is 5.16. The average Bonchev–Trinajstić information content (AvgIpc) is 3.77. The van der Waals surface area contributed by atoms with Gasteiger partial charge >= 0.3 is 0 Å².